The van der Waals surface area contributed by atoms with Crippen molar-refractivity contribution in [3.05, 3.63) is 53.9 Å². The van der Waals surface area contributed by atoms with Crippen molar-refractivity contribution in [2.45, 2.75) is 20.0 Å². The molecule has 0 atom stereocenters. The zero-order valence-electron chi connectivity index (χ0n) is 11.2. The third-order valence-corrected chi connectivity index (χ3v) is 2.99. The molecule has 0 saturated heterocycles. The maximum atomic E-state index is 11.6. The largest absolute Gasteiger partial charge is 0.465 e. The molecule has 0 aliphatic rings. The Balaban J connectivity index is 2.08. The first kappa shape index (κ1) is 13.2. The van der Waals surface area contributed by atoms with E-state index in [1.165, 1.54) is 12.7 Å². The van der Waals surface area contributed by atoms with E-state index in [0.717, 1.165) is 12.2 Å². The van der Waals surface area contributed by atoms with Crippen LogP contribution >= 0.6 is 0 Å². The van der Waals surface area contributed by atoms with Crippen molar-refractivity contribution in [2.75, 3.05) is 12.4 Å². The third kappa shape index (κ3) is 3.16. The van der Waals surface area contributed by atoms with Crippen molar-refractivity contribution in [1.82, 2.24) is 4.57 Å². The van der Waals surface area contributed by atoms with Gasteiger partial charge in [-0.1, -0.05) is 12.1 Å². The van der Waals surface area contributed by atoms with Crippen molar-refractivity contribution in [2.24, 2.45) is 0 Å². The number of benzene rings is 1. The number of aromatic nitrogens is 1. The van der Waals surface area contributed by atoms with Crippen molar-refractivity contribution < 1.29 is 9.53 Å². The van der Waals surface area contributed by atoms with Crippen LogP contribution in [0.4, 0.5) is 5.69 Å². The van der Waals surface area contributed by atoms with Gasteiger partial charge in [0.2, 0.25) is 0 Å². The fourth-order valence-corrected chi connectivity index (χ4v) is 1.91. The molecular weight excluding hydrogens is 240 g/mol. The minimum atomic E-state index is -0.325. The molecule has 0 amide bonds. The van der Waals surface area contributed by atoms with Gasteiger partial charge in [-0.05, 0) is 30.7 Å². The van der Waals surface area contributed by atoms with Gasteiger partial charge in [0.15, 0.2) is 0 Å². The van der Waals surface area contributed by atoms with E-state index in [1.807, 2.05) is 24.4 Å². The topological polar surface area (TPSA) is 43.3 Å². The smallest absolute Gasteiger partial charge is 0.339 e. The Morgan fingerprint density at radius 1 is 1.32 bits per heavy atom. The van der Waals surface area contributed by atoms with E-state index in [-0.39, 0.29) is 5.97 Å². The van der Waals surface area contributed by atoms with Gasteiger partial charge in [0, 0.05) is 31.2 Å². The van der Waals surface area contributed by atoms with Crippen molar-refractivity contribution >= 4 is 11.7 Å². The first-order valence-corrected chi connectivity index (χ1v) is 6.30. The second kappa shape index (κ2) is 6.09. The highest BCUT2D eigenvalue weighted by molar-refractivity contribution is 5.95. The van der Waals surface area contributed by atoms with Crippen molar-refractivity contribution in [3.8, 4) is 0 Å². The number of para-hydroxylation sites is 1. The summed E-state index contributed by atoms with van der Waals surface area (Å²) >= 11 is 0. The molecule has 2 aromatic rings. The quantitative estimate of drug-likeness (QED) is 0.839. The predicted molar refractivity (Wildman–Crippen MR) is 75.2 cm³/mol. The molecule has 2 rings (SSSR count). The Hall–Kier alpha value is -2.23. The van der Waals surface area contributed by atoms with E-state index in [4.69, 9.17) is 4.74 Å². The van der Waals surface area contributed by atoms with Crippen LogP contribution in [0.2, 0.25) is 0 Å². The normalized spacial score (nSPS) is 10.2. The highest BCUT2D eigenvalue weighted by Crippen LogP contribution is 2.17. The van der Waals surface area contributed by atoms with Crippen LogP contribution in [0.1, 0.15) is 22.8 Å². The van der Waals surface area contributed by atoms with Gasteiger partial charge in [0.1, 0.15) is 0 Å². The summed E-state index contributed by atoms with van der Waals surface area (Å²) < 4.78 is 6.88. The summed E-state index contributed by atoms with van der Waals surface area (Å²) in [6.45, 7) is 3.74. The molecule has 0 aliphatic heterocycles. The highest BCUT2D eigenvalue weighted by atomic mass is 16.5. The number of carbonyl (C=O) groups excluding carboxylic acids is 1. The molecule has 19 heavy (non-hydrogen) atoms. The van der Waals surface area contributed by atoms with Crippen LogP contribution in [0.15, 0.2) is 42.7 Å². The molecular formula is C15H18N2O2. The van der Waals surface area contributed by atoms with Crippen LogP contribution in [0.25, 0.3) is 0 Å². The standard InChI is InChI=1S/C15H18N2O2/c1-3-17-9-8-12(11-17)10-16-14-7-5-4-6-13(14)15(18)19-2/h4-9,11,16H,3,10H2,1-2H3. The van der Waals surface area contributed by atoms with Crippen LogP contribution in [0.5, 0.6) is 0 Å². The van der Waals surface area contributed by atoms with Gasteiger partial charge >= 0.3 is 5.97 Å². The highest BCUT2D eigenvalue weighted by Gasteiger charge is 2.10. The van der Waals surface area contributed by atoms with Gasteiger partial charge in [0.05, 0.1) is 12.7 Å². The molecule has 0 bridgehead atoms. The van der Waals surface area contributed by atoms with Crippen LogP contribution in [0, 0.1) is 0 Å². The number of nitrogens with one attached hydrogen (secondary N) is 1. The molecule has 1 aromatic heterocycles. The zero-order chi connectivity index (χ0) is 13.7. The molecule has 1 N–H and O–H groups in total. The van der Waals surface area contributed by atoms with Gasteiger partial charge in [-0.2, -0.15) is 0 Å². The van der Waals surface area contributed by atoms with Gasteiger partial charge in [0.25, 0.3) is 0 Å². The Morgan fingerprint density at radius 3 is 2.79 bits per heavy atom. The Labute approximate surface area is 113 Å². The fourth-order valence-electron chi connectivity index (χ4n) is 1.91. The van der Waals surface area contributed by atoms with Gasteiger partial charge in [-0.15, -0.1) is 0 Å². The van der Waals surface area contributed by atoms with Crippen molar-refractivity contribution in [3.63, 3.8) is 0 Å². The molecule has 0 spiro atoms. The molecule has 0 fully saturated rings. The minimum absolute atomic E-state index is 0.325. The lowest BCUT2D eigenvalue weighted by molar-refractivity contribution is 0.0602. The average molecular weight is 258 g/mol. The van der Waals surface area contributed by atoms with E-state index in [2.05, 4.69) is 29.1 Å². The number of anilines is 1. The summed E-state index contributed by atoms with van der Waals surface area (Å²) in [6.07, 6.45) is 4.14. The molecule has 1 heterocycles. The molecule has 4 nitrogen and oxygen atoms in total. The number of methoxy groups -OCH3 is 1. The summed E-state index contributed by atoms with van der Waals surface area (Å²) in [5.74, 6) is -0.325. The van der Waals surface area contributed by atoms with E-state index < -0.39 is 0 Å². The maximum Gasteiger partial charge on any atom is 0.339 e. The second-order valence-corrected chi connectivity index (χ2v) is 4.24. The average Bonchev–Trinajstić information content (AvgIpc) is 2.92. The monoisotopic (exact) mass is 258 g/mol. The van der Waals surface area contributed by atoms with Crippen LogP contribution in [-0.4, -0.2) is 17.6 Å². The lowest BCUT2D eigenvalue weighted by Gasteiger charge is -2.09. The molecule has 0 aliphatic carbocycles. The number of hydrogen-bond donors (Lipinski definition) is 1. The molecule has 0 unspecified atom stereocenters. The van der Waals surface area contributed by atoms with E-state index >= 15 is 0 Å². The van der Waals surface area contributed by atoms with Crippen molar-refractivity contribution in [1.29, 1.82) is 0 Å². The Morgan fingerprint density at radius 2 is 2.11 bits per heavy atom. The van der Waals surface area contributed by atoms with Gasteiger partial charge in [-0.3, -0.25) is 0 Å². The Bertz CT molecular complexity index is 561. The lowest BCUT2D eigenvalue weighted by Crippen LogP contribution is -2.07. The summed E-state index contributed by atoms with van der Waals surface area (Å²) in [5, 5.41) is 3.27. The molecule has 1 aromatic carbocycles. The summed E-state index contributed by atoms with van der Waals surface area (Å²) in [6, 6.07) is 9.42. The molecule has 100 valence electrons. The number of carbonyl (C=O) groups is 1. The first-order chi connectivity index (χ1) is 9.24. The minimum Gasteiger partial charge on any atom is -0.465 e. The maximum absolute atomic E-state index is 11.6. The summed E-state index contributed by atoms with van der Waals surface area (Å²) in [7, 11) is 1.39. The SMILES string of the molecule is CCn1ccc(CNc2ccccc2C(=O)OC)c1. The number of hydrogen-bond acceptors (Lipinski definition) is 3. The zero-order valence-corrected chi connectivity index (χ0v) is 11.2. The van der Waals surface area contributed by atoms with E-state index in [9.17, 15) is 4.79 Å². The second-order valence-electron chi connectivity index (χ2n) is 4.24. The summed E-state index contributed by atoms with van der Waals surface area (Å²) in [4.78, 5) is 11.6. The number of aryl methyl sites for hydroxylation is 1. The molecule has 4 heteroatoms. The molecule has 0 saturated carbocycles. The lowest BCUT2D eigenvalue weighted by atomic mass is 10.1. The van der Waals surface area contributed by atoms with Crippen LogP contribution in [0.3, 0.4) is 0 Å². The van der Waals surface area contributed by atoms with Gasteiger partial charge < -0.3 is 14.6 Å². The van der Waals surface area contributed by atoms with Crippen LogP contribution in [-0.2, 0) is 17.8 Å². The van der Waals surface area contributed by atoms with Crippen LogP contribution < -0.4 is 5.32 Å². The first-order valence-electron chi connectivity index (χ1n) is 6.30. The third-order valence-electron chi connectivity index (χ3n) is 2.99. The number of nitrogens with zero attached hydrogens (tertiary/aromatic N) is 1. The predicted octanol–water partition coefficient (Wildman–Crippen LogP) is 2.91. The fraction of sp³-hybridized carbons (Fsp3) is 0.267. The number of ether oxygens (including phenoxy) is 1. The van der Waals surface area contributed by atoms with E-state index in [1.54, 1.807) is 6.07 Å². The van der Waals surface area contributed by atoms with E-state index in [0.29, 0.717) is 12.1 Å². The van der Waals surface area contributed by atoms with Gasteiger partial charge in [-0.25, -0.2) is 4.79 Å². The molecule has 0 radical (unpaired) electrons. The number of esters is 1. The summed E-state index contributed by atoms with van der Waals surface area (Å²) in [5.41, 5.74) is 2.53. The number of rotatable bonds is 5. The Kier molecular flexibility index (Phi) is 4.23.